The second-order valence-corrected chi connectivity index (χ2v) is 6.29. The third-order valence-electron chi connectivity index (χ3n) is 3.92. The van der Waals surface area contributed by atoms with Crippen LogP contribution in [0.15, 0.2) is 60.7 Å². The Morgan fingerprint density at radius 3 is 1.75 bits per heavy atom. The first-order chi connectivity index (χ1) is 13.5. The number of esters is 1. The van der Waals surface area contributed by atoms with Crippen LogP contribution in [0.4, 0.5) is 4.79 Å². The molecule has 0 atom stereocenters. The second-order valence-electron chi connectivity index (χ2n) is 6.29. The first-order valence-electron chi connectivity index (χ1n) is 8.81. The summed E-state index contributed by atoms with van der Waals surface area (Å²) in [6.45, 7) is -0.123. The van der Waals surface area contributed by atoms with Gasteiger partial charge >= 0.3 is 12.1 Å². The third kappa shape index (κ3) is 7.11. The van der Waals surface area contributed by atoms with Crippen LogP contribution in [0.2, 0.25) is 0 Å². The van der Waals surface area contributed by atoms with Gasteiger partial charge in [0.15, 0.2) is 0 Å². The SMILES string of the molecule is CN(CC(=O)OCc1ccccc1)C(=O)CN(C)C(=O)OCc1ccccc1. The number of hydrogen-bond donors (Lipinski definition) is 0. The van der Waals surface area contributed by atoms with E-state index in [4.69, 9.17) is 9.47 Å². The summed E-state index contributed by atoms with van der Waals surface area (Å²) in [7, 11) is 2.95. The number of amides is 2. The van der Waals surface area contributed by atoms with Crippen molar-refractivity contribution in [3.05, 3.63) is 71.8 Å². The number of benzene rings is 2. The Hall–Kier alpha value is -3.35. The van der Waals surface area contributed by atoms with Crippen molar-refractivity contribution >= 4 is 18.0 Å². The molecule has 0 saturated heterocycles. The van der Waals surface area contributed by atoms with Crippen LogP contribution in [-0.4, -0.2) is 55.0 Å². The van der Waals surface area contributed by atoms with E-state index in [9.17, 15) is 14.4 Å². The van der Waals surface area contributed by atoms with E-state index in [2.05, 4.69) is 0 Å². The lowest BCUT2D eigenvalue weighted by Gasteiger charge is -2.21. The highest BCUT2D eigenvalue weighted by Crippen LogP contribution is 2.04. The predicted molar refractivity (Wildman–Crippen MR) is 103 cm³/mol. The van der Waals surface area contributed by atoms with Crippen molar-refractivity contribution in [3.8, 4) is 0 Å². The maximum Gasteiger partial charge on any atom is 0.410 e. The monoisotopic (exact) mass is 384 g/mol. The van der Waals surface area contributed by atoms with Crippen LogP contribution in [0.3, 0.4) is 0 Å². The molecule has 0 aliphatic carbocycles. The number of hydrogen-bond acceptors (Lipinski definition) is 5. The molecular formula is C21H24N2O5. The molecule has 2 amide bonds. The van der Waals surface area contributed by atoms with Gasteiger partial charge in [0.1, 0.15) is 26.3 Å². The van der Waals surface area contributed by atoms with Gasteiger partial charge in [0.05, 0.1) is 0 Å². The fourth-order valence-corrected chi connectivity index (χ4v) is 2.28. The molecule has 0 aliphatic heterocycles. The zero-order valence-electron chi connectivity index (χ0n) is 16.0. The number of carbonyl (C=O) groups excluding carboxylic acids is 3. The molecule has 0 unspecified atom stereocenters. The molecule has 0 aromatic heterocycles. The van der Waals surface area contributed by atoms with Gasteiger partial charge in [-0.2, -0.15) is 0 Å². The maximum absolute atomic E-state index is 12.2. The van der Waals surface area contributed by atoms with E-state index in [0.29, 0.717) is 0 Å². The summed E-state index contributed by atoms with van der Waals surface area (Å²) < 4.78 is 10.3. The van der Waals surface area contributed by atoms with Crippen LogP contribution in [0.25, 0.3) is 0 Å². The van der Waals surface area contributed by atoms with Crippen molar-refractivity contribution < 1.29 is 23.9 Å². The number of ether oxygens (including phenoxy) is 2. The fraction of sp³-hybridized carbons (Fsp3) is 0.286. The lowest BCUT2D eigenvalue weighted by atomic mass is 10.2. The first kappa shape index (κ1) is 21.0. The Kier molecular flexibility index (Phi) is 8.02. The summed E-state index contributed by atoms with van der Waals surface area (Å²) >= 11 is 0. The number of likely N-dealkylation sites (N-methyl/N-ethyl adjacent to an activating group) is 2. The van der Waals surface area contributed by atoms with Gasteiger partial charge in [-0.05, 0) is 11.1 Å². The van der Waals surface area contributed by atoms with Gasteiger partial charge in [-0.25, -0.2) is 4.79 Å². The highest BCUT2D eigenvalue weighted by atomic mass is 16.6. The van der Waals surface area contributed by atoms with Crippen LogP contribution in [-0.2, 0) is 32.3 Å². The summed E-state index contributed by atoms with van der Waals surface area (Å²) in [6, 6.07) is 18.5. The molecular weight excluding hydrogens is 360 g/mol. The Morgan fingerprint density at radius 2 is 1.21 bits per heavy atom. The minimum absolute atomic E-state index is 0.125. The average Bonchev–Trinajstić information content (AvgIpc) is 2.71. The molecule has 0 N–H and O–H groups in total. The minimum atomic E-state index is -0.614. The Balaban J connectivity index is 1.71. The number of rotatable bonds is 8. The van der Waals surface area contributed by atoms with Crippen molar-refractivity contribution in [2.45, 2.75) is 13.2 Å². The van der Waals surface area contributed by atoms with E-state index in [1.807, 2.05) is 60.7 Å². The topological polar surface area (TPSA) is 76.2 Å². The van der Waals surface area contributed by atoms with E-state index in [1.54, 1.807) is 0 Å². The van der Waals surface area contributed by atoms with E-state index in [0.717, 1.165) is 16.0 Å². The zero-order valence-corrected chi connectivity index (χ0v) is 16.0. The van der Waals surface area contributed by atoms with Crippen molar-refractivity contribution in [1.82, 2.24) is 9.80 Å². The fourth-order valence-electron chi connectivity index (χ4n) is 2.28. The molecule has 0 bridgehead atoms. The maximum atomic E-state index is 12.2. The van der Waals surface area contributed by atoms with Gasteiger partial charge in [-0.1, -0.05) is 60.7 Å². The van der Waals surface area contributed by atoms with Gasteiger partial charge in [0.25, 0.3) is 0 Å². The molecule has 7 nitrogen and oxygen atoms in total. The Bertz CT molecular complexity index is 780. The summed E-state index contributed by atoms with van der Waals surface area (Å²) in [5, 5.41) is 0. The summed E-state index contributed by atoms with van der Waals surface area (Å²) in [5.74, 6) is -0.912. The lowest BCUT2D eigenvalue weighted by Crippen LogP contribution is -2.41. The first-order valence-corrected chi connectivity index (χ1v) is 8.81. The zero-order chi connectivity index (χ0) is 20.4. The summed E-state index contributed by atoms with van der Waals surface area (Å²) in [6.07, 6.45) is -0.614. The average molecular weight is 384 g/mol. The van der Waals surface area contributed by atoms with Gasteiger partial charge in [0, 0.05) is 14.1 Å². The van der Waals surface area contributed by atoms with Crippen LogP contribution < -0.4 is 0 Å². The molecule has 2 aromatic rings. The van der Waals surface area contributed by atoms with Crippen molar-refractivity contribution in [1.29, 1.82) is 0 Å². The Morgan fingerprint density at radius 1 is 0.714 bits per heavy atom. The van der Waals surface area contributed by atoms with E-state index >= 15 is 0 Å². The quantitative estimate of drug-likeness (QED) is 0.654. The third-order valence-corrected chi connectivity index (χ3v) is 3.92. The summed E-state index contributed by atoms with van der Waals surface area (Å²) in [4.78, 5) is 38.5. The van der Waals surface area contributed by atoms with E-state index < -0.39 is 18.0 Å². The number of nitrogens with zero attached hydrogens (tertiary/aromatic N) is 2. The van der Waals surface area contributed by atoms with Crippen molar-refractivity contribution in [3.63, 3.8) is 0 Å². The molecule has 28 heavy (non-hydrogen) atoms. The molecule has 0 fully saturated rings. The molecule has 0 aliphatic rings. The molecule has 2 aromatic carbocycles. The molecule has 0 saturated carbocycles. The lowest BCUT2D eigenvalue weighted by molar-refractivity contribution is -0.149. The van der Waals surface area contributed by atoms with Crippen LogP contribution in [0, 0.1) is 0 Å². The smallest absolute Gasteiger partial charge is 0.410 e. The van der Waals surface area contributed by atoms with Crippen molar-refractivity contribution in [2.24, 2.45) is 0 Å². The van der Waals surface area contributed by atoms with Gasteiger partial charge < -0.3 is 19.3 Å². The number of carbonyl (C=O) groups is 3. The molecule has 0 heterocycles. The molecule has 7 heteroatoms. The van der Waals surface area contributed by atoms with Crippen LogP contribution in [0.1, 0.15) is 11.1 Å². The molecule has 0 radical (unpaired) electrons. The van der Waals surface area contributed by atoms with Gasteiger partial charge in [-0.15, -0.1) is 0 Å². The normalized spacial score (nSPS) is 10.1. The van der Waals surface area contributed by atoms with E-state index in [-0.39, 0.29) is 26.3 Å². The largest absolute Gasteiger partial charge is 0.459 e. The predicted octanol–water partition coefficient (Wildman–Crippen LogP) is 2.46. The molecule has 0 spiro atoms. The minimum Gasteiger partial charge on any atom is -0.459 e. The second kappa shape index (κ2) is 10.7. The molecule has 148 valence electrons. The highest BCUT2D eigenvalue weighted by molar-refractivity contribution is 5.85. The van der Waals surface area contributed by atoms with Gasteiger partial charge in [0.2, 0.25) is 5.91 Å². The summed E-state index contributed by atoms with van der Waals surface area (Å²) in [5.41, 5.74) is 1.72. The molecule has 2 rings (SSSR count). The van der Waals surface area contributed by atoms with Crippen molar-refractivity contribution in [2.75, 3.05) is 27.2 Å². The van der Waals surface area contributed by atoms with Gasteiger partial charge in [-0.3, -0.25) is 9.59 Å². The van der Waals surface area contributed by atoms with E-state index in [1.165, 1.54) is 19.0 Å². The van der Waals surface area contributed by atoms with Crippen LogP contribution >= 0.6 is 0 Å². The Labute approximate surface area is 164 Å². The van der Waals surface area contributed by atoms with Crippen LogP contribution in [0.5, 0.6) is 0 Å². The standard InChI is InChI=1S/C21H24N2O5/c1-22(14-20(25)27-15-17-9-5-3-6-10-17)19(24)13-23(2)21(26)28-16-18-11-7-4-8-12-18/h3-12H,13-16H2,1-2H3. The highest BCUT2D eigenvalue weighted by Gasteiger charge is 2.19.